The van der Waals surface area contributed by atoms with E-state index in [0.717, 1.165) is 25.3 Å². The smallest absolute Gasteiger partial charge is 0.221 e. The summed E-state index contributed by atoms with van der Waals surface area (Å²) in [6.45, 7) is 5.43. The summed E-state index contributed by atoms with van der Waals surface area (Å²) in [5.74, 6) is -0.0432. The van der Waals surface area contributed by atoms with Crippen molar-refractivity contribution in [2.24, 2.45) is 0 Å². The van der Waals surface area contributed by atoms with Gasteiger partial charge in [-0.3, -0.25) is 4.79 Å². The average Bonchev–Trinajstić information content (AvgIpc) is 2.45. The molecule has 1 amide bonds. The molecule has 2 N–H and O–H groups in total. The van der Waals surface area contributed by atoms with Crippen LogP contribution in [0.2, 0.25) is 0 Å². The van der Waals surface area contributed by atoms with E-state index in [1.165, 1.54) is 25.3 Å². The fourth-order valence-electron chi connectivity index (χ4n) is 2.48. The standard InChI is InChI=1S/C16H24N2O2/c1-12(17-11-16-8-3-4-9-20-16)14-6-5-7-15(10-14)18-13(2)19/h5-7,10,12,16-17H,3-4,8-9,11H2,1-2H3,(H,18,19). The summed E-state index contributed by atoms with van der Waals surface area (Å²) in [6, 6.07) is 8.21. The Morgan fingerprint density at radius 1 is 1.45 bits per heavy atom. The van der Waals surface area contributed by atoms with Crippen molar-refractivity contribution in [2.45, 2.75) is 45.3 Å². The lowest BCUT2D eigenvalue weighted by Gasteiger charge is -2.25. The second-order valence-corrected chi connectivity index (χ2v) is 5.43. The van der Waals surface area contributed by atoms with E-state index in [1.54, 1.807) is 0 Å². The molecule has 4 nitrogen and oxygen atoms in total. The number of amides is 1. The molecule has 0 spiro atoms. The van der Waals surface area contributed by atoms with Crippen LogP contribution in [0.3, 0.4) is 0 Å². The summed E-state index contributed by atoms with van der Waals surface area (Å²) >= 11 is 0. The number of carbonyl (C=O) groups excluding carboxylic acids is 1. The van der Waals surface area contributed by atoms with E-state index in [4.69, 9.17) is 4.74 Å². The molecule has 4 heteroatoms. The zero-order valence-electron chi connectivity index (χ0n) is 12.3. The predicted molar refractivity (Wildman–Crippen MR) is 80.8 cm³/mol. The molecular formula is C16H24N2O2. The zero-order valence-corrected chi connectivity index (χ0v) is 12.3. The predicted octanol–water partition coefficient (Wildman–Crippen LogP) is 2.86. The second-order valence-electron chi connectivity index (χ2n) is 5.43. The molecule has 1 saturated heterocycles. The summed E-state index contributed by atoms with van der Waals surface area (Å²) in [5.41, 5.74) is 2.02. The van der Waals surface area contributed by atoms with Crippen molar-refractivity contribution in [3.05, 3.63) is 29.8 Å². The van der Waals surface area contributed by atoms with Crippen molar-refractivity contribution in [3.8, 4) is 0 Å². The third-order valence-corrected chi connectivity index (χ3v) is 3.63. The van der Waals surface area contributed by atoms with Crippen LogP contribution >= 0.6 is 0 Å². The van der Waals surface area contributed by atoms with Gasteiger partial charge in [-0.1, -0.05) is 12.1 Å². The monoisotopic (exact) mass is 276 g/mol. The van der Waals surface area contributed by atoms with Crippen LogP contribution in [0, 0.1) is 0 Å². The van der Waals surface area contributed by atoms with Crippen molar-refractivity contribution in [3.63, 3.8) is 0 Å². The van der Waals surface area contributed by atoms with Crippen LogP contribution < -0.4 is 10.6 Å². The lowest BCUT2D eigenvalue weighted by atomic mass is 10.1. The highest BCUT2D eigenvalue weighted by molar-refractivity contribution is 5.88. The van der Waals surface area contributed by atoms with Gasteiger partial charge in [-0.15, -0.1) is 0 Å². The first-order valence-electron chi connectivity index (χ1n) is 7.37. The number of hydrogen-bond acceptors (Lipinski definition) is 3. The van der Waals surface area contributed by atoms with Gasteiger partial charge in [0.15, 0.2) is 0 Å². The van der Waals surface area contributed by atoms with Gasteiger partial charge < -0.3 is 15.4 Å². The number of nitrogens with one attached hydrogen (secondary N) is 2. The van der Waals surface area contributed by atoms with Gasteiger partial charge in [0, 0.05) is 31.8 Å². The van der Waals surface area contributed by atoms with Crippen molar-refractivity contribution in [1.82, 2.24) is 5.32 Å². The molecule has 1 aliphatic rings. The normalized spacial score (nSPS) is 20.4. The van der Waals surface area contributed by atoms with E-state index in [2.05, 4.69) is 23.6 Å². The van der Waals surface area contributed by atoms with E-state index in [0.29, 0.717) is 6.10 Å². The van der Waals surface area contributed by atoms with Gasteiger partial charge >= 0.3 is 0 Å². The minimum atomic E-state index is -0.0432. The molecule has 1 aliphatic heterocycles. The van der Waals surface area contributed by atoms with Gasteiger partial charge in [-0.05, 0) is 43.9 Å². The molecule has 2 atom stereocenters. The summed E-state index contributed by atoms with van der Waals surface area (Å²) < 4.78 is 5.72. The van der Waals surface area contributed by atoms with Crippen molar-refractivity contribution in [2.75, 3.05) is 18.5 Å². The fraction of sp³-hybridized carbons (Fsp3) is 0.562. The molecule has 1 aromatic carbocycles. The quantitative estimate of drug-likeness (QED) is 0.869. The van der Waals surface area contributed by atoms with Crippen LogP contribution in [0.5, 0.6) is 0 Å². The molecule has 1 fully saturated rings. The van der Waals surface area contributed by atoms with Gasteiger partial charge in [-0.25, -0.2) is 0 Å². The molecule has 2 rings (SSSR count). The van der Waals surface area contributed by atoms with Gasteiger partial charge in [-0.2, -0.15) is 0 Å². The lowest BCUT2D eigenvalue weighted by Crippen LogP contribution is -2.33. The number of hydrogen-bond donors (Lipinski definition) is 2. The van der Waals surface area contributed by atoms with Crippen LogP contribution in [-0.2, 0) is 9.53 Å². The van der Waals surface area contributed by atoms with Gasteiger partial charge in [0.05, 0.1) is 6.10 Å². The van der Waals surface area contributed by atoms with Crippen molar-refractivity contribution >= 4 is 11.6 Å². The molecule has 110 valence electrons. The Morgan fingerprint density at radius 2 is 2.30 bits per heavy atom. The third-order valence-electron chi connectivity index (χ3n) is 3.63. The Labute approximate surface area is 120 Å². The third kappa shape index (κ3) is 4.62. The van der Waals surface area contributed by atoms with Crippen LogP contribution in [0.15, 0.2) is 24.3 Å². The molecule has 1 heterocycles. The highest BCUT2D eigenvalue weighted by Crippen LogP contribution is 2.18. The van der Waals surface area contributed by atoms with Gasteiger partial charge in [0.25, 0.3) is 0 Å². The Morgan fingerprint density at radius 3 is 3.00 bits per heavy atom. The highest BCUT2D eigenvalue weighted by atomic mass is 16.5. The maximum atomic E-state index is 11.1. The van der Waals surface area contributed by atoms with E-state index in [9.17, 15) is 4.79 Å². The largest absolute Gasteiger partial charge is 0.377 e. The molecule has 0 aromatic heterocycles. The zero-order chi connectivity index (χ0) is 14.4. The first kappa shape index (κ1) is 15.0. The maximum absolute atomic E-state index is 11.1. The lowest BCUT2D eigenvalue weighted by molar-refractivity contribution is -0.114. The molecular weight excluding hydrogens is 252 g/mol. The maximum Gasteiger partial charge on any atom is 0.221 e. The Hall–Kier alpha value is -1.39. The molecule has 2 unspecified atom stereocenters. The SMILES string of the molecule is CC(=O)Nc1cccc(C(C)NCC2CCCCO2)c1. The van der Waals surface area contributed by atoms with Crippen LogP contribution in [0.25, 0.3) is 0 Å². The van der Waals surface area contributed by atoms with Gasteiger partial charge in [0.1, 0.15) is 0 Å². The molecule has 0 saturated carbocycles. The number of ether oxygens (including phenoxy) is 1. The molecule has 0 radical (unpaired) electrons. The number of anilines is 1. The Kier molecular flexibility index (Phi) is 5.56. The average molecular weight is 276 g/mol. The van der Waals surface area contributed by atoms with E-state index < -0.39 is 0 Å². The fourth-order valence-corrected chi connectivity index (χ4v) is 2.48. The molecule has 1 aromatic rings. The number of carbonyl (C=O) groups is 1. The first-order chi connectivity index (χ1) is 9.65. The van der Waals surface area contributed by atoms with E-state index in [1.807, 2.05) is 18.2 Å². The number of benzene rings is 1. The molecule has 0 aliphatic carbocycles. The van der Waals surface area contributed by atoms with Crippen molar-refractivity contribution in [1.29, 1.82) is 0 Å². The van der Waals surface area contributed by atoms with Crippen LogP contribution in [-0.4, -0.2) is 25.2 Å². The van der Waals surface area contributed by atoms with E-state index >= 15 is 0 Å². The minimum absolute atomic E-state index is 0.0432. The molecule has 0 bridgehead atoms. The Bertz CT molecular complexity index is 442. The van der Waals surface area contributed by atoms with Crippen molar-refractivity contribution < 1.29 is 9.53 Å². The van der Waals surface area contributed by atoms with Crippen LogP contribution in [0.4, 0.5) is 5.69 Å². The second kappa shape index (κ2) is 7.41. The topological polar surface area (TPSA) is 50.4 Å². The van der Waals surface area contributed by atoms with Crippen LogP contribution in [0.1, 0.15) is 44.7 Å². The Balaban J connectivity index is 1.87. The summed E-state index contributed by atoms with van der Waals surface area (Å²) in [5, 5.41) is 6.33. The first-order valence-corrected chi connectivity index (χ1v) is 7.37. The molecule has 20 heavy (non-hydrogen) atoms. The van der Waals surface area contributed by atoms with E-state index in [-0.39, 0.29) is 11.9 Å². The minimum Gasteiger partial charge on any atom is -0.377 e. The summed E-state index contributed by atoms with van der Waals surface area (Å²) in [4.78, 5) is 11.1. The number of rotatable bonds is 5. The van der Waals surface area contributed by atoms with Gasteiger partial charge in [0.2, 0.25) is 5.91 Å². The summed E-state index contributed by atoms with van der Waals surface area (Å²) in [6.07, 6.45) is 3.93. The summed E-state index contributed by atoms with van der Waals surface area (Å²) in [7, 11) is 0. The highest BCUT2D eigenvalue weighted by Gasteiger charge is 2.15.